The lowest BCUT2D eigenvalue weighted by Crippen LogP contribution is -2.25. The minimum Gasteiger partial charge on any atom is -0.367 e. The molecule has 1 aromatic carbocycles. The number of anilines is 1. The molecule has 4 nitrogen and oxygen atoms in total. The summed E-state index contributed by atoms with van der Waals surface area (Å²) in [5.74, 6) is -1.20. The second-order valence-corrected chi connectivity index (χ2v) is 4.29. The van der Waals surface area contributed by atoms with Crippen LogP contribution >= 0.6 is 0 Å². The molecule has 6 heteroatoms. The second kappa shape index (κ2) is 5.71. The molecule has 3 N–H and O–H groups in total. The van der Waals surface area contributed by atoms with Gasteiger partial charge >= 0.3 is 0 Å². The Labute approximate surface area is 109 Å². The Morgan fingerprint density at radius 2 is 1.95 bits per heavy atom. The molecule has 0 spiro atoms. The molecular weight excluding hydrogens is 250 g/mol. The molecule has 1 atom stereocenters. The summed E-state index contributed by atoms with van der Waals surface area (Å²) in [6.45, 7) is 2.45. The first-order chi connectivity index (χ1) is 9.06. The Morgan fingerprint density at radius 3 is 2.53 bits per heavy atom. The average molecular weight is 264 g/mol. The van der Waals surface area contributed by atoms with Gasteiger partial charge in [0.05, 0.1) is 5.69 Å². The van der Waals surface area contributed by atoms with E-state index in [1.54, 1.807) is 12.1 Å². The molecule has 1 aromatic heterocycles. The number of nitrogens with zero attached hydrogens (tertiary/aromatic N) is 2. The minimum absolute atomic E-state index is 0.00710. The van der Waals surface area contributed by atoms with Crippen LogP contribution in [-0.4, -0.2) is 22.8 Å². The Bertz CT molecular complexity index is 555. The van der Waals surface area contributed by atoms with Gasteiger partial charge in [0.15, 0.2) is 11.6 Å². The van der Waals surface area contributed by atoms with Crippen molar-refractivity contribution in [3.63, 3.8) is 0 Å². The van der Waals surface area contributed by atoms with Crippen LogP contribution < -0.4 is 11.1 Å². The van der Waals surface area contributed by atoms with Crippen molar-refractivity contribution in [2.75, 3.05) is 11.9 Å². The summed E-state index contributed by atoms with van der Waals surface area (Å²) in [5.41, 5.74) is 6.56. The van der Waals surface area contributed by atoms with Gasteiger partial charge in [-0.1, -0.05) is 0 Å². The van der Waals surface area contributed by atoms with Crippen LogP contribution in [-0.2, 0) is 0 Å². The molecule has 0 bridgehead atoms. The molecular formula is C13H14F2N4. The maximum absolute atomic E-state index is 13.1. The van der Waals surface area contributed by atoms with Gasteiger partial charge in [-0.2, -0.15) is 0 Å². The van der Waals surface area contributed by atoms with Gasteiger partial charge < -0.3 is 11.1 Å². The van der Waals surface area contributed by atoms with Crippen LogP contribution in [0.15, 0.2) is 30.3 Å². The van der Waals surface area contributed by atoms with Crippen LogP contribution in [0.4, 0.5) is 14.6 Å². The van der Waals surface area contributed by atoms with E-state index in [2.05, 4.69) is 15.5 Å². The van der Waals surface area contributed by atoms with Crippen molar-refractivity contribution >= 4 is 5.82 Å². The van der Waals surface area contributed by atoms with E-state index in [0.29, 0.717) is 23.6 Å². The smallest absolute Gasteiger partial charge is 0.159 e. The Hall–Kier alpha value is -2.08. The Balaban J connectivity index is 2.15. The molecule has 0 aliphatic heterocycles. The van der Waals surface area contributed by atoms with E-state index >= 15 is 0 Å². The maximum atomic E-state index is 13.1. The first kappa shape index (κ1) is 13.4. The fourth-order valence-electron chi connectivity index (χ4n) is 1.50. The van der Waals surface area contributed by atoms with E-state index in [1.807, 2.05) is 6.92 Å². The third-order valence-corrected chi connectivity index (χ3v) is 2.49. The molecule has 0 aliphatic rings. The van der Waals surface area contributed by atoms with Crippen molar-refractivity contribution in [2.45, 2.75) is 13.0 Å². The van der Waals surface area contributed by atoms with Crippen LogP contribution in [0.5, 0.6) is 0 Å². The number of hydrogen-bond acceptors (Lipinski definition) is 4. The maximum Gasteiger partial charge on any atom is 0.159 e. The summed E-state index contributed by atoms with van der Waals surface area (Å²) in [5, 5.41) is 10.9. The predicted octanol–water partition coefficient (Wildman–Crippen LogP) is 2.18. The van der Waals surface area contributed by atoms with Gasteiger partial charge in [-0.05, 0) is 37.3 Å². The summed E-state index contributed by atoms with van der Waals surface area (Å²) in [4.78, 5) is 0. The van der Waals surface area contributed by atoms with E-state index in [-0.39, 0.29) is 6.04 Å². The normalized spacial score (nSPS) is 12.2. The van der Waals surface area contributed by atoms with Gasteiger partial charge in [0, 0.05) is 18.2 Å². The standard InChI is InChI=1S/C13H14F2N4/c1-8(16)7-17-13-5-4-12(18-19-13)9-2-3-10(14)11(15)6-9/h2-6,8H,7,16H2,1H3,(H,17,19). The van der Waals surface area contributed by atoms with Crippen LogP contribution in [0.1, 0.15) is 6.92 Å². The number of benzene rings is 1. The molecule has 0 saturated heterocycles. The van der Waals surface area contributed by atoms with Crippen molar-refractivity contribution in [3.05, 3.63) is 42.0 Å². The lowest BCUT2D eigenvalue weighted by molar-refractivity contribution is 0.509. The Kier molecular flexibility index (Phi) is 4.01. The predicted molar refractivity (Wildman–Crippen MR) is 69.5 cm³/mol. The Morgan fingerprint density at radius 1 is 1.16 bits per heavy atom. The summed E-state index contributed by atoms with van der Waals surface area (Å²) >= 11 is 0. The number of nitrogens with two attached hydrogens (primary N) is 1. The van der Waals surface area contributed by atoms with Crippen molar-refractivity contribution in [1.29, 1.82) is 0 Å². The zero-order chi connectivity index (χ0) is 13.8. The van der Waals surface area contributed by atoms with E-state index in [1.165, 1.54) is 6.07 Å². The zero-order valence-corrected chi connectivity index (χ0v) is 10.4. The molecule has 19 heavy (non-hydrogen) atoms. The average Bonchev–Trinajstić information content (AvgIpc) is 2.40. The van der Waals surface area contributed by atoms with Crippen molar-refractivity contribution in [1.82, 2.24) is 10.2 Å². The number of nitrogens with one attached hydrogen (secondary N) is 1. The van der Waals surface area contributed by atoms with Crippen molar-refractivity contribution in [2.24, 2.45) is 5.73 Å². The van der Waals surface area contributed by atoms with Crippen LogP contribution in [0, 0.1) is 11.6 Å². The minimum atomic E-state index is -0.904. The van der Waals surface area contributed by atoms with Gasteiger partial charge in [0.1, 0.15) is 5.82 Å². The highest BCUT2D eigenvalue weighted by atomic mass is 19.2. The molecule has 1 unspecified atom stereocenters. The van der Waals surface area contributed by atoms with E-state index in [0.717, 1.165) is 12.1 Å². The number of halogens is 2. The van der Waals surface area contributed by atoms with Crippen LogP contribution in [0.25, 0.3) is 11.3 Å². The molecule has 0 radical (unpaired) electrons. The summed E-state index contributed by atoms with van der Waals surface area (Å²) in [7, 11) is 0. The summed E-state index contributed by atoms with van der Waals surface area (Å²) < 4.78 is 25.9. The quantitative estimate of drug-likeness (QED) is 0.888. The number of aromatic nitrogens is 2. The van der Waals surface area contributed by atoms with E-state index in [9.17, 15) is 8.78 Å². The molecule has 2 aromatic rings. The molecule has 2 rings (SSSR count). The molecule has 0 fully saturated rings. The fraction of sp³-hybridized carbons (Fsp3) is 0.231. The molecule has 1 heterocycles. The summed E-state index contributed by atoms with van der Waals surface area (Å²) in [6, 6.07) is 7.02. The monoisotopic (exact) mass is 264 g/mol. The van der Waals surface area contributed by atoms with Crippen molar-refractivity contribution in [3.8, 4) is 11.3 Å². The third-order valence-electron chi connectivity index (χ3n) is 2.49. The molecule has 0 saturated carbocycles. The lowest BCUT2D eigenvalue weighted by Gasteiger charge is -2.08. The topological polar surface area (TPSA) is 63.8 Å². The van der Waals surface area contributed by atoms with E-state index < -0.39 is 11.6 Å². The molecule has 100 valence electrons. The van der Waals surface area contributed by atoms with Crippen molar-refractivity contribution < 1.29 is 8.78 Å². The van der Waals surface area contributed by atoms with Crippen LogP contribution in [0.3, 0.4) is 0 Å². The number of hydrogen-bond donors (Lipinski definition) is 2. The highest BCUT2D eigenvalue weighted by Crippen LogP contribution is 2.19. The highest BCUT2D eigenvalue weighted by Gasteiger charge is 2.06. The van der Waals surface area contributed by atoms with Gasteiger partial charge in [-0.3, -0.25) is 0 Å². The largest absolute Gasteiger partial charge is 0.367 e. The van der Waals surface area contributed by atoms with Gasteiger partial charge in [-0.25, -0.2) is 8.78 Å². The lowest BCUT2D eigenvalue weighted by atomic mass is 10.1. The first-order valence-electron chi connectivity index (χ1n) is 5.85. The summed E-state index contributed by atoms with van der Waals surface area (Å²) in [6.07, 6.45) is 0. The SMILES string of the molecule is CC(N)CNc1ccc(-c2ccc(F)c(F)c2)nn1. The molecule has 0 aliphatic carbocycles. The third kappa shape index (κ3) is 3.45. The van der Waals surface area contributed by atoms with Gasteiger partial charge in [0.25, 0.3) is 0 Å². The van der Waals surface area contributed by atoms with Gasteiger partial charge in [-0.15, -0.1) is 10.2 Å². The van der Waals surface area contributed by atoms with Gasteiger partial charge in [0.2, 0.25) is 0 Å². The first-order valence-corrected chi connectivity index (χ1v) is 5.85. The fourth-order valence-corrected chi connectivity index (χ4v) is 1.50. The second-order valence-electron chi connectivity index (χ2n) is 4.29. The zero-order valence-electron chi connectivity index (χ0n) is 10.4. The molecule has 0 amide bonds. The number of rotatable bonds is 4. The van der Waals surface area contributed by atoms with Crippen LogP contribution in [0.2, 0.25) is 0 Å². The highest BCUT2D eigenvalue weighted by molar-refractivity contribution is 5.59. The van der Waals surface area contributed by atoms with E-state index in [4.69, 9.17) is 5.73 Å².